The second-order valence-electron chi connectivity index (χ2n) is 2.71. The van der Waals surface area contributed by atoms with E-state index in [1.165, 1.54) is 0 Å². The van der Waals surface area contributed by atoms with E-state index in [0.29, 0.717) is 0 Å². The van der Waals surface area contributed by atoms with Gasteiger partial charge in [0.25, 0.3) is 0 Å². The SMILES string of the molecule is b1cccc(Nc2ccccc2)n1. The number of nitrogens with one attached hydrogen (secondary N) is 1. The third-order valence-electron chi connectivity index (χ3n) is 1.71. The van der Waals surface area contributed by atoms with E-state index < -0.39 is 0 Å². The van der Waals surface area contributed by atoms with Crippen molar-refractivity contribution in [2.75, 3.05) is 5.32 Å². The molecule has 13 heavy (non-hydrogen) atoms. The zero-order valence-corrected chi connectivity index (χ0v) is 7.14. The Morgan fingerprint density at radius 3 is 2.54 bits per heavy atom. The predicted octanol–water partition coefficient (Wildman–Crippen LogP) is 2.16. The molecule has 1 N–H and O–H groups in total. The molecule has 0 amide bonds. The summed E-state index contributed by atoms with van der Waals surface area (Å²) in [4.78, 5) is 4.16. The third-order valence-corrected chi connectivity index (χ3v) is 1.71. The van der Waals surface area contributed by atoms with E-state index in [0.717, 1.165) is 11.5 Å². The fourth-order valence-corrected chi connectivity index (χ4v) is 1.11. The number of para-hydroxylation sites is 1. The number of benzene rings is 1. The van der Waals surface area contributed by atoms with Crippen LogP contribution in [0.3, 0.4) is 0 Å². The molecule has 2 nitrogen and oxygen atoms in total. The van der Waals surface area contributed by atoms with Gasteiger partial charge in [0, 0.05) is 0 Å². The normalized spacial score (nSPS) is 9.23. The van der Waals surface area contributed by atoms with Gasteiger partial charge in [0.2, 0.25) is 0 Å². The number of nitrogens with zero attached hydrogens (tertiary/aromatic N) is 1. The molecule has 1 heterocycles. The molecule has 1 aromatic heterocycles. The van der Waals surface area contributed by atoms with Crippen LogP contribution in [0.1, 0.15) is 0 Å². The van der Waals surface area contributed by atoms with Crippen LogP contribution in [0.15, 0.2) is 48.4 Å². The zero-order chi connectivity index (χ0) is 8.93. The molecule has 0 atom stereocenters. The molecule has 0 saturated heterocycles. The average molecular weight is 168 g/mol. The van der Waals surface area contributed by atoms with E-state index in [1.807, 2.05) is 48.4 Å². The molecule has 2 rings (SSSR count). The summed E-state index contributed by atoms with van der Waals surface area (Å²) in [5.41, 5.74) is 1.06. The molecular formula is C10H9BN2. The molecule has 0 saturated carbocycles. The monoisotopic (exact) mass is 168 g/mol. The Labute approximate surface area is 77.9 Å². The van der Waals surface area contributed by atoms with Crippen molar-refractivity contribution in [3.8, 4) is 0 Å². The first kappa shape index (κ1) is 7.99. The van der Waals surface area contributed by atoms with E-state index >= 15 is 0 Å². The Hall–Kier alpha value is -1.64. The van der Waals surface area contributed by atoms with E-state index in [1.54, 1.807) is 7.05 Å². The molecular weight excluding hydrogens is 159 g/mol. The first-order chi connectivity index (χ1) is 6.45. The van der Waals surface area contributed by atoms with Crippen molar-refractivity contribution in [3.63, 3.8) is 0 Å². The summed E-state index contributed by atoms with van der Waals surface area (Å²) in [5, 5.41) is 3.19. The Bertz CT molecular complexity index is 324. The van der Waals surface area contributed by atoms with Crippen LogP contribution in [-0.2, 0) is 0 Å². The molecule has 2 aromatic rings. The van der Waals surface area contributed by atoms with Crippen LogP contribution < -0.4 is 5.32 Å². The minimum atomic E-state index is 0.869. The molecule has 0 aliphatic rings. The molecule has 62 valence electrons. The van der Waals surface area contributed by atoms with E-state index in [2.05, 4.69) is 10.2 Å². The molecule has 0 radical (unpaired) electrons. The second kappa shape index (κ2) is 3.85. The van der Waals surface area contributed by atoms with Crippen LogP contribution in [0.25, 0.3) is 0 Å². The summed E-state index contributed by atoms with van der Waals surface area (Å²) >= 11 is 0. The van der Waals surface area contributed by atoms with Crippen LogP contribution in [-0.4, -0.2) is 11.9 Å². The first-order valence-corrected chi connectivity index (χ1v) is 4.18. The summed E-state index contributed by atoms with van der Waals surface area (Å²) in [6.45, 7) is 0. The van der Waals surface area contributed by atoms with E-state index in [9.17, 15) is 0 Å². The number of hydrogen-bond donors (Lipinski definition) is 1. The molecule has 0 bridgehead atoms. The van der Waals surface area contributed by atoms with Gasteiger partial charge < -0.3 is 0 Å². The Morgan fingerprint density at radius 2 is 1.85 bits per heavy atom. The number of hydrogen-bond acceptors (Lipinski definition) is 2. The summed E-state index contributed by atoms with van der Waals surface area (Å²) < 4.78 is 0. The average Bonchev–Trinajstić information content (AvgIpc) is 2.21. The van der Waals surface area contributed by atoms with Gasteiger partial charge in [0.05, 0.1) is 0 Å². The Morgan fingerprint density at radius 1 is 1.00 bits per heavy atom. The summed E-state index contributed by atoms with van der Waals surface area (Å²) in [7, 11) is 1.77. The predicted molar refractivity (Wildman–Crippen MR) is 55.3 cm³/mol. The second-order valence-corrected chi connectivity index (χ2v) is 2.71. The van der Waals surface area contributed by atoms with Crippen LogP contribution in [0.4, 0.5) is 11.5 Å². The van der Waals surface area contributed by atoms with Crippen molar-refractivity contribution in [1.29, 1.82) is 0 Å². The van der Waals surface area contributed by atoms with Gasteiger partial charge in [-0.15, -0.1) is 0 Å². The van der Waals surface area contributed by atoms with Gasteiger partial charge in [-0.1, -0.05) is 0 Å². The van der Waals surface area contributed by atoms with Crippen molar-refractivity contribution in [1.82, 2.24) is 4.89 Å². The topological polar surface area (TPSA) is 24.9 Å². The molecule has 3 heteroatoms. The van der Waals surface area contributed by atoms with Gasteiger partial charge in [-0.2, -0.15) is 0 Å². The van der Waals surface area contributed by atoms with Crippen LogP contribution in [0, 0.1) is 0 Å². The summed E-state index contributed by atoms with van der Waals surface area (Å²) in [6, 6.07) is 13.9. The number of aromatic nitrogens is 1. The maximum atomic E-state index is 4.16. The van der Waals surface area contributed by atoms with Crippen molar-refractivity contribution in [3.05, 3.63) is 48.4 Å². The fraction of sp³-hybridized carbons (Fsp3) is 0. The standard InChI is InChI=1S/C10H9BN2/c1-2-5-9(6-3-1)12-10-7-4-8-11-13-10/h1-8H,(H,12,13). The molecule has 1 aromatic carbocycles. The summed E-state index contributed by atoms with van der Waals surface area (Å²) in [6.07, 6.45) is 0. The Balaban J connectivity index is 2.16. The zero-order valence-electron chi connectivity index (χ0n) is 7.14. The van der Waals surface area contributed by atoms with Crippen molar-refractivity contribution in [2.24, 2.45) is 0 Å². The number of anilines is 2. The first-order valence-electron chi connectivity index (χ1n) is 4.18. The van der Waals surface area contributed by atoms with E-state index in [4.69, 9.17) is 0 Å². The van der Waals surface area contributed by atoms with Gasteiger partial charge in [0.1, 0.15) is 0 Å². The molecule has 0 fully saturated rings. The molecule has 0 aliphatic carbocycles. The quantitative estimate of drug-likeness (QED) is 0.742. The van der Waals surface area contributed by atoms with Gasteiger partial charge in [-0.25, -0.2) is 0 Å². The molecule has 0 unspecified atom stereocenters. The van der Waals surface area contributed by atoms with Crippen molar-refractivity contribution < 1.29 is 0 Å². The van der Waals surface area contributed by atoms with Crippen LogP contribution >= 0.6 is 0 Å². The van der Waals surface area contributed by atoms with Crippen LogP contribution in [0.2, 0.25) is 0 Å². The van der Waals surface area contributed by atoms with Crippen LogP contribution in [0.5, 0.6) is 0 Å². The summed E-state index contributed by atoms with van der Waals surface area (Å²) in [5.74, 6) is 2.77. The van der Waals surface area contributed by atoms with Gasteiger partial charge >= 0.3 is 77.2 Å². The Kier molecular flexibility index (Phi) is 2.37. The third kappa shape index (κ3) is 2.15. The number of rotatable bonds is 2. The molecule has 0 aliphatic heterocycles. The minimum absolute atomic E-state index is 0.869. The van der Waals surface area contributed by atoms with E-state index in [-0.39, 0.29) is 0 Å². The maximum absolute atomic E-state index is 4.16. The van der Waals surface area contributed by atoms with Crippen molar-refractivity contribution in [2.45, 2.75) is 0 Å². The van der Waals surface area contributed by atoms with Crippen molar-refractivity contribution >= 4 is 18.6 Å². The van der Waals surface area contributed by atoms with Gasteiger partial charge in [-0.05, 0) is 0 Å². The molecule has 0 spiro atoms. The van der Waals surface area contributed by atoms with Gasteiger partial charge in [0.15, 0.2) is 0 Å². The fourth-order valence-electron chi connectivity index (χ4n) is 1.11. The van der Waals surface area contributed by atoms with Gasteiger partial charge in [-0.3, -0.25) is 0 Å².